The number of halogens is 1. The van der Waals surface area contributed by atoms with Crippen molar-refractivity contribution < 1.29 is 4.79 Å². The van der Waals surface area contributed by atoms with E-state index in [9.17, 15) is 4.79 Å². The van der Waals surface area contributed by atoms with Crippen LogP contribution < -0.4 is 0 Å². The second-order valence-corrected chi connectivity index (χ2v) is 6.69. The SMILES string of the molecule is O=C1/C(=C/c2cccc(Br)c2)CCC1C1CCCC1. The van der Waals surface area contributed by atoms with Gasteiger partial charge in [-0.1, -0.05) is 40.9 Å². The molecule has 1 nitrogen and oxygen atoms in total. The predicted molar refractivity (Wildman–Crippen MR) is 81.8 cm³/mol. The summed E-state index contributed by atoms with van der Waals surface area (Å²) >= 11 is 3.48. The fourth-order valence-corrected chi connectivity index (χ4v) is 3.97. The predicted octanol–water partition coefficient (Wildman–Crippen LogP) is 5.00. The van der Waals surface area contributed by atoms with Crippen LogP contribution in [0.15, 0.2) is 34.3 Å². The molecule has 1 unspecified atom stereocenters. The largest absolute Gasteiger partial charge is 0.294 e. The molecule has 1 aromatic rings. The van der Waals surface area contributed by atoms with E-state index < -0.39 is 0 Å². The van der Waals surface area contributed by atoms with Gasteiger partial charge in [0.05, 0.1) is 0 Å². The molecule has 0 saturated heterocycles. The monoisotopic (exact) mass is 318 g/mol. The molecule has 0 bridgehead atoms. The minimum absolute atomic E-state index is 0.320. The molecule has 3 rings (SSSR count). The van der Waals surface area contributed by atoms with E-state index in [-0.39, 0.29) is 0 Å². The van der Waals surface area contributed by atoms with Gasteiger partial charge in [0.15, 0.2) is 5.78 Å². The third-order valence-corrected chi connectivity index (χ3v) is 5.03. The Bertz CT molecular complexity index is 512. The van der Waals surface area contributed by atoms with Crippen molar-refractivity contribution in [2.24, 2.45) is 11.8 Å². The van der Waals surface area contributed by atoms with Crippen molar-refractivity contribution in [1.29, 1.82) is 0 Å². The van der Waals surface area contributed by atoms with Gasteiger partial charge in [-0.05, 0) is 60.9 Å². The number of allylic oxidation sites excluding steroid dienone is 1. The fourth-order valence-electron chi connectivity index (χ4n) is 3.55. The maximum absolute atomic E-state index is 12.5. The Kier molecular flexibility index (Phi) is 3.88. The highest BCUT2D eigenvalue weighted by Gasteiger charge is 2.36. The lowest BCUT2D eigenvalue weighted by Crippen LogP contribution is -2.16. The molecule has 2 aliphatic carbocycles. The van der Waals surface area contributed by atoms with Crippen LogP contribution in [0, 0.1) is 11.8 Å². The summed E-state index contributed by atoms with van der Waals surface area (Å²) in [6.07, 6.45) is 9.29. The van der Waals surface area contributed by atoms with E-state index in [1.54, 1.807) is 0 Å². The highest BCUT2D eigenvalue weighted by molar-refractivity contribution is 9.10. The van der Waals surface area contributed by atoms with E-state index >= 15 is 0 Å². The first kappa shape index (κ1) is 13.1. The average Bonchev–Trinajstić information content (AvgIpc) is 3.01. The molecular weight excluding hydrogens is 300 g/mol. The van der Waals surface area contributed by atoms with Gasteiger partial charge in [0.1, 0.15) is 0 Å². The van der Waals surface area contributed by atoms with Gasteiger partial charge in [0.2, 0.25) is 0 Å². The Labute approximate surface area is 123 Å². The Balaban J connectivity index is 1.77. The summed E-state index contributed by atoms with van der Waals surface area (Å²) < 4.78 is 1.07. The molecule has 0 amide bonds. The molecule has 0 heterocycles. The second kappa shape index (κ2) is 5.62. The summed E-state index contributed by atoms with van der Waals surface area (Å²) in [6, 6.07) is 8.17. The number of Topliss-reactive ketones (excluding diaryl/α,β-unsaturated/α-hetero) is 1. The summed E-state index contributed by atoms with van der Waals surface area (Å²) in [5.74, 6) is 1.41. The number of rotatable bonds is 2. The second-order valence-electron chi connectivity index (χ2n) is 5.78. The van der Waals surface area contributed by atoms with Gasteiger partial charge >= 0.3 is 0 Å². The molecule has 2 aliphatic rings. The standard InChI is InChI=1S/C17H19BrO/c18-15-7-3-4-12(11-15)10-14-8-9-16(17(14)19)13-5-1-2-6-13/h3-4,7,10-11,13,16H,1-2,5-6,8-9H2/b14-10+. The lowest BCUT2D eigenvalue weighted by atomic mass is 9.88. The first-order chi connectivity index (χ1) is 9.24. The van der Waals surface area contributed by atoms with Crippen LogP contribution in [0.5, 0.6) is 0 Å². The highest BCUT2D eigenvalue weighted by atomic mass is 79.9. The van der Waals surface area contributed by atoms with E-state index in [4.69, 9.17) is 0 Å². The van der Waals surface area contributed by atoms with Crippen molar-refractivity contribution in [3.05, 3.63) is 39.9 Å². The Hall–Kier alpha value is -0.890. The van der Waals surface area contributed by atoms with Crippen LogP contribution in [0.2, 0.25) is 0 Å². The Morgan fingerprint density at radius 1 is 1.16 bits per heavy atom. The molecule has 0 spiro atoms. The Morgan fingerprint density at radius 3 is 2.68 bits per heavy atom. The van der Waals surface area contributed by atoms with Gasteiger partial charge in [-0.25, -0.2) is 0 Å². The third-order valence-electron chi connectivity index (χ3n) is 4.54. The van der Waals surface area contributed by atoms with E-state index in [1.807, 2.05) is 12.1 Å². The number of ketones is 1. The summed E-state index contributed by atoms with van der Waals surface area (Å²) in [6.45, 7) is 0. The minimum atomic E-state index is 0.320. The summed E-state index contributed by atoms with van der Waals surface area (Å²) in [7, 11) is 0. The zero-order valence-corrected chi connectivity index (χ0v) is 12.7. The molecule has 100 valence electrons. The lowest BCUT2D eigenvalue weighted by molar-refractivity contribution is -0.119. The number of benzene rings is 1. The van der Waals surface area contributed by atoms with Gasteiger partial charge in [-0.3, -0.25) is 4.79 Å². The van der Waals surface area contributed by atoms with E-state index in [1.165, 1.54) is 25.7 Å². The average molecular weight is 319 g/mol. The van der Waals surface area contributed by atoms with Gasteiger partial charge < -0.3 is 0 Å². The van der Waals surface area contributed by atoms with Crippen LogP contribution in [0.4, 0.5) is 0 Å². The molecule has 2 saturated carbocycles. The van der Waals surface area contributed by atoms with Gasteiger partial charge in [-0.15, -0.1) is 0 Å². The molecule has 0 aromatic heterocycles. The fraction of sp³-hybridized carbons (Fsp3) is 0.471. The number of hydrogen-bond donors (Lipinski definition) is 0. The third kappa shape index (κ3) is 2.84. The van der Waals surface area contributed by atoms with Crippen molar-refractivity contribution >= 4 is 27.8 Å². The van der Waals surface area contributed by atoms with Gasteiger partial charge in [-0.2, -0.15) is 0 Å². The summed E-state index contributed by atoms with van der Waals surface area (Å²) in [5.41, 5.74) is 2.17. The van der Waals surface area contributed by atoms with Crippen LogP contribution in [-0.2, 0) is 4.79 Å². The maximum Gasteiger partial charge on any atom is 0.162 e. The lowest BCUT2D eigenvalue weighted by Gasteiger charge is -2.15. The first-order valence-electron chi connectivity index (χ1n) is 7.24. The van der Waals surface area contributed by atoms with Crippen LogP contribution >= 0.6 is 15.9 Å². The molecule has 0 N–H and O–H groups in total. The summed E-state index contributed by atoms with van der Waals surface area (Å²) in [5, 5.41) is 0. The van der Waals surface area contributed by atoms with E-state index in [0.29, 0.717) is 17.6 Å². The molecule has 0 radical (unpaired) electrons. The zero-order valence-electron chi connectivity index (χ0n) is 11.1. The molecule has 1 atom stereocenters. The molecule has 2 heteroatoms. The maximum atomic E-state index is 12.5. The summed E-state index contributed by atoms with van der Waals surface area (Å²) in [4.78, 5) is 12.5. The molecule has 0 aliphatic heterocycles. The van der Waals surface area contributed by atoms with Crippen molar-refractivity contribution in [2.45, 2.75) is 38.5 Å². The normalized spacial score (nSPS) is 26.5. The number of carbonyl (C=O) groups excluding carboxylic acids is 1. The highest BCUT2D eigenvalue weighted by Crippen LogP contribution is 2.40. The van der Waals surface area contributed by atoms with Crippen LogP contribution in [0.25, 0.3) is 6.08 Å². The van der Waals surface area contributed by atoms with E-state index in [0.717, 1.165) is 28.5 Å². The van der Waals surface area contributed by atoms with E-state index in [2.05, 4.69) is 34.1 Å². The quantitative estimate of drug-likeness (QED) is 0.701. The minimum Gasteiger partial charge on any atom is -0.294 e. The smallest absolute Gasteiger partial charge is 0.162 e. The van der Waals surface area contributed by atoms with Gasteiger partial charge in [0, 0.05) is 10.4 Å². The van der Waals surface area contributed by atoms with Crippen molar-refractivity contribution in [3.63, 3.8) is 0 Å². The molecular formula is C17H19BrO. The number of carbonyl (C=O) groups is 1. The molecule has 19 heavy (non-hydrogen) atoms. The van der Waals surface area contributed by atoms with Gasteiger partial charge in [0.25, 0.3) is 0 Å². The topological polar surface area (TPSA) is 17.1 Å². The Morgan fingerprint density at radius 2 is 1.95 bits per heavy atom. The van der Waals surface area contributed by atoms with Crippen LogP contribution in [0.3, 0.4) is 0 Å². The van der Waals surface area contributed by atoms with Crippen molar-refractivity contribution in [1.82, 2.24) is 0 Å². The molecule has 1 aromatic carbocycles. The zero-order chi connectivity index (χ0) is 13.2. The number of hydrogen-bond acceptors (Lipinski definition) is 1. The van der Waals surface area contributed by atoms with Crippen LogP contribution in [0.1, 0.15) is 44.1 Å². The first-order valence-corrected chi connectivity index (χ1v) is 8.04. The van der Waals surface area contributed by atoms with Crippen LogP contribution in [-0.4, -0.2) is 5.78 Å². The van der Waals surface area contributed by atoms with Crippen molar-refractivity contribution in [3.8, 4) is 0 Å². The molecule has 2 fully saturated rings. The van der Waals surface area contributed by atoms with Crippen molar-refractivity contribution in [2.75, 3.05) is 0 Å².